The first kappa shape index (κ1) is 12.9. The minimum atomic E-state index is -0.287. The number of nitrogens with one attached hydrogen (secondary N) is 1. The summed E-state index contributed by atoms with van der Waals surface area (Å²) in [4.78, 5) is 6.28. The Bertz CT molecular complexity index is 300. The molecule has 0 spiro atoms. The Morgan fingerprint density at radius 1 is 1.38 bits per heavy atom. The van der Waals surface area contributed by atoms with Crippen molar-refractivity contribution in [2.75, 3.05) is 31.5 Å². The molecule has 0 saturated carbocycles. The van der Waals surface area contributed by atoms with Gasteiger partial charge in [0, 0.05) is 12.7 Å². The van der Waals surface area contributed by atoms with Gasteiger partial charge in [-0.05, 0) is 38.2 Å². The number of hydrogen-bond acceptors (Lipinski definition) is 3. The fraction of sp³-hybridized carbons (Fsp3) is 0.583. The van der Waals surface area contributed by atoms with Crippen molar-refractivity contribution in [3.63, 3.8) is 0 Å². The summed E-state index contributed by atoms with van der Waals surface area (Å²) in [6.45, 7) is 8.21. The van der Waals surface area contributed by atoms with Crippen molar-refractivity contribution in [3.8, 4) is 0 Å². The minimum Gasteiger partial charge on any atom is -0.368 e. The highest BCUT2D eigenvalue weighted by molar-refractivity contribution is 5.35. The molecule has 0 fully saturated rings. The second-order valence-corrected chi connectivity index (χ2v) is 3.64. The molecule has 0 aliphatic rings. The summed E-state index contributed by atoms with van der Waals surface area (Å²) in [7, 11) is 0. The van der Waals surface area contributed by atoms with Crippen LogP contribution >= 0.6 is 0 Å². The second kappa shape index (κ2) is 7.17. The lowest BCUT2D eigenvalue weighted by Gasteiger charge is -2.17. The van der Waals surface area contributed by atoms with Crippen LogP contribution in [-0.4, -0.2) is 36.1 Å². The van der Waals surface area contributed by atoms with E-state index in [1.807, 2.05) is 0 Å². The molecule has 0 bridgehead atoms. The minimum absolute atomic E-state index is 0.287. The molecule has 1 heterocycles. The van der Waals surface area contributed by atoms with Gasteiger partial charge in [-0.2, -0.15) is 0 Å². The number of hydrogen-bond donors (Lipinski definition) is 1. The number of nitrogens with zero attached hydrogens (tertiary/aromatic N) is 2. The number of pyridine rings is 1. The van der Waals surface area contributed by atoms with Crippen molar-refractivity contribution in [2.45, 2.75) is 20.3 Å². The molecule has 1 rings (SSSR count). The lowest BCUT2D eigenvalue weighted by atomic mass is 10.3. The molecular formula is C12H20FN3. The summed E-state index contributed by atoms with van der Waals surface area (Å²) in [5.41, 5.74) is 0. The fourth-order valence-electron chi connectivity index (χ4n) is 1.57. The molecule has 0 aliphatic heterocycles. The number of rotatable bonds is 7. The van der Waals surface area contributed by atoms with Gasteiger partial charge in [-0.15, -0.1) is 0 Å². The molecule has 90 valence electrons. The monoisotopic (exact) mass is 225 g/mol. The van der Waals surface area contributed by atoms with E-state index in [4.69, 9.17) is 0 Å². The second-order valence-electron chi connectivity index (χ2n) is 3.64. The maximum absolute atomic E-state index is 13.2. The van der Waals surface area contributed by atoms with Gasteiger partial charge in [0.15, 0.2) is 11.6 Å². The summed E-state index contributed by atoms with van der Waals surface area (Å²) in [6.07, 6.45) is 2.59. The predicted octanol–water partition coefficient (Wildman–Crippen LogP) is 2.36. The van der Waals surface area contributed by atoms with Crippen molar-refractivity contribution in [1.82, 2.24) is 9.88 Å². The van der Waals surface area contributed by atoms with E-state index in [0.29, 0.717) is 5.82 Å². The Morgan fingerprint density at radius 2 is 2.12 bits per heavy atom. The molecule has 1 aromatic rings. The highest BCUT2D eigenvalue weighted by Crippen LogP contribution is 2.07. The standard InChI is InChI=1S/C12H20FN3/c1-3-16(4-2)10-6-9-15-12-11(13)7-5-8-14-12/h5,7-8H,3-4,6,9-10H2,1-2H3,(H,14,15). The van der Waals surface area contributed by atoms with Gasteiger partial charge in [0.25, 0.3) is 0 Å². The molecule has 0 amide bonds. The highest BCUT2D eigenvalue weighted by atomic mass is 19.1. The first-order valence-electron chi connectivity index (χ1n) is 5.84. The van der Waals surface area contributed by atoms with Crippen LogP contribution in [0, 0.1) is 5.82 Å². The molecule has 0 unspecified atom stereocenters. The molecule has 1 aromatic heterocycles. The van der Waals surface area contributed by atoms with E-state index in [9.17, 15) is 4.39 Å². The Morgan fingerprint density at radius 3 is 2.75 bits per heavy atom. The highest BCUT2D eigenvalue weighted by Gasteiger charge is 2.01. The van der Waals surface area contributed by atoms with Crippen LogP contribution < -0.4 is 5.32 Å². The van der Waals surface area contributed by atoms with Gasteiger partial charge >= 0.3 is 0 Å². The van der Waals surface area contributed by atoms with E-state index in [1.165, 1.54) is 6.07 Å². The maximum Gasteiger partial charge on any atom is 0.165 e. The van der Waals surface area contributed by atoms with Crippen LogP contribution in [0.3, 0.4) is 0 Å². The Labute approximate surface area is 96.7 Å². The van der Waals surface area contributed by atoms with Crippen molar-refractivity contribution < 1.29 is 4.39 Å². The number of halogens is 1. The Kier molecular flexibility index (Phi) is 5.78. The normalized spacial score (nSPS) is 10.8. The van der Waals surface area contributed by atoms with Crippen molar-refractivity contribution >= 4 is 5.82 Å². The molecule has 1 N–H and O–H groups in total. The fourth-order valence-corrected chi connectivity index (χ4v) is 1.57. The molecule has 16 heavy (non-hydrogen) atoms. The Balaban J connectivity index is 2.23. The van der Waals surface area contributed by atoms with Crippen molar-refractivity contribution in [2.24, 2.45) is 0 Å². The average molecular weight is 225 g/mol. The topological polar surface area (TPSA) is 28.2 Å². The lowest BCUT2D eigenvalue weighted by Crippen LogP contribution is -2.25. The quantitative estimate of drug-likeness (QED) is 0.722. The van der Waals surface area contributed by atoms with E-state index in [2.05, 4.69) is 29.0 Å². The van der Waals surface area contributed by atoms with Crippen LogP contribution in [0.5, 0.6) is 0 Å². The first-order chi connectivity index (χ1) is 7.77. The summed E-state index contributed by atoms with van der Waals surface area (Å²) in [5, 5.41) is 3.00. The zero-order chi connectivity index (χ0) is 11.8. The summed E-state index contributed by atoms with van der Waals surface area (Å²) < 4.78 is 13.2. The first-order valence-corrected chi connectivity index (χ1v) is 5.84. The summed E-state index contributed by atoms with van der Waals surface area (Å²) >= 11 is 0. The van der Waals surface area contributed by atoms with Gasteiger partial charge in [-0.3, -0.25) is 0 Å². The number of anilines is 1. The summed E-state index contributed by atoms with van der Waals surface area (Å²) in [5.74, 6) is 0.0624. The third-order valence-corrected chi connectivity index (χ3v) is 2.60. The van der Waals surface area contributed by atoms with Crippen molar-refractivity contribution in [1.29, 1.82) is 0 Å². The van der Waals surface area contributed by atoms with E-state index in [-0.39, 0.29) is 5.82 Å². The predicted molar refractivity (Wildman–Crippen MR) is 65.1 cm³/mol. The van der Waals surface area contributed by atoms with Gasteiger partial charge < -0.3 is 10.2 Å². The third-order valence-electron chi connectivity index (χ3n) is 2.60. The molecule has 0 aromatic carbocycles. The zero-order valence-electron chi connectivity index (χ0n) is 10.0. The average Bonchev–Trinajstić information content (AvgIpc) is 2.31. The van der Waals surface area contributed by atoms with E-state index >= 15 is 0 Å². The zero-order valence-corrected chi connectivity index (χ0v) is 10.0. The van der Waals surface area contributed by atoms with E-state index in [0.717, 1.165) is 32.6 Å². The smallest absolute Gasteiger partial charge is 0.165 e. The Hall–Kier alpha value is -1.16. The largest absolute Gasteiger partial charge is 0.368 e. The molecule has 4 heteroatoms. The summed E-state index contributed by atoms with van der Waals surface area (Å²) in [6, 6.07) is 3.01. The van der Waals surface area contributed by atoms with Crippen LogP contribution in [0.4, 0.5) is 10.2 Å². The van der Waals surface area contributed by atoms with Crippen LogP contribution in [0.1, 0.15) is 20.3 Å². The van der Waals surface area contributed by atoms with Crippen LogP contribution in [0.15, 0.2) is 18.3 Å². The van der Waals surface area contributed by atoms with Gasteiger partial charge in [-0.25, -0.2) is 9.37 Å². The van der Waals surface area contributed by atoms with Crippen molar-refractivity contribution in [3.05, 3.63) is 24.1 Å². The van der Waals surface area contributed by atoms with Crippen LogP contribution in [0.25, 0.3) is 0 Å². The van der Waals surface area contributed by atoms with E-state index < -0.39 is 0 Å². The molecule has 0 radical (unpaired) electrons. The molecule has 0 saturated heterocycles. The maximum atomic E-state index is 13.2. The third kappa shape index (κ3) is 4.14. The van der Waals surface area contributed by atoms with Crippen LogP contribution in [-0.2, 0) is 0 Å². The van der Waals surface area contributed by atoms with Gasteiger partial charge in [0.2, 0.25) is 0 Å². The van der Waals surface area contributed by atoms with Gasteiger partial charge in [0.1, 0.15) is 0 Å². The lowest BCUT2D eigenvalue weighted by molar-refractivity contribution is 0.303. The number of aromatic nitrogens is 1. The molecular weight excluding hydrogens is 205 g/mol. The van der Waals surface area contributed by atoms with Gasteiger partial charge in [0.05, 0.1) is 0 Å². The molecule has 0 atom stereocenters. The molecule has 0 aliphatic carbocycles. The van der Waals surface area contributed by atoms with Crippen LogP contribution in [0.2, 0.25) is 0 Å². The van der Waals surface area contributed by atoms with Gasteiger partial charge in [-0.1, -0.05) is 13.8 Å². The SMILES string of the molecule is CCN(CC)CCCNc1ncccc1F. The molecule has 3 nitrogen and oxygen atoms in total. The van der Waals surface area contributed by atoms with E-state index in [1.54, 1.807) is 12.3 Å².